The number of fused-ring (bicyclic) bond motifs is 1. The first-order valence-electron chi connectivity index (χ1n) is 7.50. The summed E-state index contributed by atoms with van der Waals surface area (Å²) in [7, 11) is 0. The van der Waals surface area contributed by atoms with Crippen molar-refractivity contribution >= 4 is 5.91 Å². The van der Waals surface area contributed by atoms with Gasteiger partial charge >= 0.3 is 0 Å². The van der Waals surface area contributed by atoms with Crippen LogP contribution in [-0.4, -0.2) is 18.6 Å². The number of rotatable bonds is 4. The number of carbonyl (C=O) groups is 1. The van der Waals surface area contributed by atoms with E-state index in [1.54, 1.807) is 6.07 Å². The molecular weight excluding hydrogens is 278 g/mol. The van der Waals surface area contributed by atoms with E-state index in [1.807, 2.05) is 30.3 Å². The van der Waals surface area contributed by atoms with Crippen LogP contribution in [0.2, 0.25) is 0 Å². The Labute approximate surface area is 130 Å². The first kappa shape index (κ1) is 14.4. The molecule has 0 aliphatic carbocycles. The lowest BCUT2D eigenvalue weighted by atomic mass is 10.1. The van der Waals surface area contributed by atoms with E-state index >= 15 is 0 Å². The molecule has 1 atom stereocenters. The van der Waals surface area contributed by atoms with Gasteiger partial charge in [0, 0.05) is 6.54 Å². The van der Waals surface area contributed by atoms with E-state index < -0.39 is 6.10 Å². The summed E-state index contributed by atoms with van der Waals surface area (Å²) in [5.74, 6) is 1.14. The highest BCUT2D eigenvalue weighted by Gasteiger charge is 2.26. The van der Waals surface area contributed by atoms with Gasteiger partial charge in [0.1, 0.15) is 6.61 Å². The van der Waals surface area contributed by atoms with Crippen molar-refractivity contribution < 1.29 is 14.3 Å². The SMILES string of the molecule is CCc1ccc(CNC(=O)[C@H]2COc3ccccc3O2)cc1. The molecule has 114 valence electrons. The predicted molar refractivity (Wildman–Crippen MR) is 84.0 cm³/mol. The predicted octanol–water partition coefficient (Wildman–Crippen LogP) is 2.71. The third-order valence-corrected chi connectivity index (χ3v) is 3.70. The van der Waals surface area contributed by atoms with Crippen LogP contribution in [0.5, 0.6) is 11.5 Å². The normalized spacial score (nSPS) is 16.1. The molecule has 2 aromatic carbocycles. The van der Waals surface area contributed by atoms with Gasteiger partial charge in [-0.15, -0.1) is 0 Å². The van der Waals surface area contributed by atoms with Crippen LogP contribution < -0.4 is 14.8 Å². The number of amides is 1. The van der Waals surface area contributed by atoms with Gasteiger partial charge in [-0.1, -0.05) is 43.3 Å². The zero-order valence-corrected chi connectivity index (χ0v) is 12.5. The first-order valence-corrected chi connectivity index (χ1v) is 7.50. The summed E-state index contributed by atoms with van der Waals surface area (Å²) in [6.45, 7) is 2.84. The number of ether oxygens (including phenoxy) is 2. The van der Waals surface area contributed by atoms with Gasteiger partial charge in [-0.25, -0.2) is 0 Å². The molecule has 0 saturated heterocycles. The Morgan fingerprint density at radius 3 is 2.50 bits per heavy atom. The topological polar surface area (TPSA) is 47.6 Å². The number of para-hydroxylation sites is 2. The van der Waals surface area contributed by atoms with Crippen molar-refractivity contribution in [3.8, 4) is 11.5 Å². The van der Waals surface area contributed by atoms with Gasteiger partial charge in [0.25, 0.3) is 5.91 Å². The summed E-state index contributed by atoms with van der Waals surface area (Å²) in [5.41, 5.74) is 2.36. The van der Waals surface area contributed by atoms with E-state index in [9.17, 15) is 4.79 Å². The average molecular weight is 297 g/mol. The Hall–Kier alpha value is -2.49. The Morgan fingerprint density at radius 2 is 1.77 bits per heavy atom. The van der Waals surface area contributed by atoms with Gasteiger partial charge < -0.3 is 14.8 Å². The van der Waals surface area contributed by atoms with E-state index in [4.69, 9.17) is 9.47 Å². The van der Waals surface area contributed by atoms with E-state index in [0.717, 1.165) is 12.0 Å². The number of aryl methyl sites for hydroxylation is 1. The molecule has 4 nitrogen and oxygen atoms in total. The van der Waals surface area contributed by atoms with Crippen LogP contribution in [-0.2, 0) is 17.8 Å². The fourth-order valence-electron chi connectivity index (χ4n) is 2.34. The zero-order valence-electron chi connectivity index (χ0n) is 12.5. The summed E-state index contributed by atoms with van der Waals surface area (Å²) in [6, 6.07) is 15.6. The van der Waals surface area contributed by atoms with Crippen LogP contribution in [0.4, 0.5) is 0 Å². The molecule has 4 heteroatoms. The Kier molecular flexibility index (Phi) is 4.28. The molecule has 0 aromatic heterocycles. The molecule has 0 saturated carbocycles. The van der Waals surface area contributed by atoms with Gasteiger partial charge in [0.15, 0.2) is 11.5 Å². The minimum Gasteiger partial charge on any atom is -0.485 e. The van der Waals surface area contributed by atoms with Crippen LogP contribution in [0.3, 0.4) is 0 Å². The Bertz CT molecular complexity index is 652. The molecule has 0 spiro atoms. The number of hydrogen-bond donors (Lipinski definition) is 1. The highest BCUT2D eigenvalue weighted by molar-refractivity contribution is 5.81. The van der Waals surface area contributed by atoms with E-state index in [2.05, 4.69) is 24.4 Å². The third kappa shape index (κ3) is 3.22. The van der Waals surface area contributed by atoms with Crippen molar-refractivity contribution in [1.82, 2.24) is 5.32 Å². The number of hydrogen-bond acceptors (Lipinski definition) is 3. The van der Waals surface area contributed by atoms with Crippen LogP contribution in [0, 0.1) is 0 Å². The average Bonchev–Trinajstić information content (AvgIpc) is 2.59. The number of nitrogens with one attached hydrogen (secondary N) is 1. The molecule has 22 heavy (non-hydrogen) atoms. The Balaban J connectivity index is 1.56. The van der Waals surface area contributed by atoms with Crippen molar-refractivity contribution in [2.75, 3.05) is 6.61 Å². The smallest absolute Gasteiger partial charge is 0.264 e. The Morgan fingerprint density at radius 1 is 1.09 bits per heavy atom. The monoisotopic (exact) mass is 297 g/mol. The molecule has 0 fully saturated rings. The number of benzene rings is 2. The molecule has 3 rings (SSSR count). The summed E-state index contributed by atoms with van der Waals surface area (Å²) in [5, 5.41) is 2.89. The van der Waals surface area contributed by atoms with Crippen molar-refractivity contribution in [3.63, 3.8) is 0 Å². The molecule has 1 aliphatic heterocycles. The van der Waals surface area contributed by atoms with Crippen molar-refractivity contribution in [3.05, 3.63) is 59.7 Å². The summed E-state index contributed by atoms with van der Waals surface area (Å²) >= 11 is 0. The van der Waals surface area contributed by atoms with Gasteiger partial charge in [-0.05, 0) is 29.7 Å². The molecule has 1 aliphatic rings. The van der Waals surface area contributed by atoms with E-state index in [0.29, 0.717) is 18.0 Å². The number of carbonyl (C=O) groups excluding carboxylic acids is 1. The first-order chi connectivity index (χ1) is 10.8. The quantitative estimate of drug-likeness (QED) is 0.944. The molecule has 1 heterocycles. The van der Waals surface area contributed by atoms with Crippen LogP contribution in [0.1, 0.15) is 18.1 Å². The lowest BCUT2D eigenvalue weighted by Crippen LogP contribution is -2.43. The van der Waals surface area contributed by atoms with Crippen molar-refractivity contribution in [2.24, 2.45) is 0 Å². The van der Waals surface area contributed by atoms with Crippen molar-refractivity contribution in [1.29, 1.82) is 0 Å². The van der Waals surface area contributed by atoms with E-state index in [-0.39, 0.29) is 12.5 Å². The second-order valence-corrected chi connectivity index (χ2v) is 5.25. The van der Waals surface area contributed by atoms with Crippen LogP contribution >= 0.6 is 0 Å². The fourth-order valence-corrected chi connectivity index (χ4v) is 2.34. The van der Waals surface area contributed by atoms with Gasteiger partial charge in [-0.2, -0.15) is 0 Å². The van der Waals surface area contributed by atoms with Gasteiger partial charge in [0.2, 0.25) is 6.10 Å². The standard InChI is InChI=1S/C18H19NO3/c1-2-13-7-9-14(10-8-13)11-19-18(20)17-12-21-15-5-3-4-6-16(15)22-17/h3-10,17H,2,11-12H2,1H3,(H,19,20)/t17-/m1/s1. The molecule has 0 unspecified atom stereocenters. The minimum atomic E-state index is -0.607. The third-order valence-electron chi connectivity index (χ3n) is 3.70. The lowest BCUT2D eigenvalue weighted by Gasteiger charge is -2.25. The molecule has 1 amide bonds. The summed E-state index contributed by atoms with van der Waals surface area (Å²) in [6.07, 6.45) is 0.407. The highest BCUT2D eigenvalue weighted by Crippen LogP contribution is 2.30. The second-order valence-electron chi connectivity index (χ2n) is 5.25. The van der Waals surface area contributed by atoms with E-state index in [1.165, 1.54) is 5.56 Å². The maximum Gasteiger partial charge on any atom is 0.264 e. The lowest BCUT2D eigenvalue weighted by molar-refractivity contribution is -0.130. The van der Waals surface area contributed by atoms with Crippen molar-refractivity contribution in [2.45, 2.75) is 26.0 Å². The molecule has 1 N–H and O–H groups in total. The zero-order chi connectivity index (χ0) is 15.4. The largest absolute Gasteiger partial charge is 0.485 e. The minimum absolute atomic E-state index is 0.158. The summed E-state index contributed by atoms with van der Waals surface area (Å²) < 4.78 is 11.2. The molecular formula is C18H19NO3. The van der Waals surface area contributed by atoms with Crippen LogP contribution in [0.15, 0.2) is 48.5 Å². The summed E-state index contributed by atoms with van der Waals surface area (Å²) in [4.78, 5) is 12.2. The maximum absolute atomic E-state index is 12.2. The molecule has 0 bridgehead atoms. The van der Waals surface area contributed by atoms with Gasteiger partial charge in [0.05, 0.1) is 0 Å². The highest BCUT2D eigenvalue weighted by atomic mass is 16.6. The van der Waals surface area contributed by atoms with Gasteiger partial charge in [-0.3, -0.25) is 4.79 Å². The maximum atomic E-state index is 12.2. The van der Waals surface area contributed by atoms with Crippen LogP contribution in [0.25, 0.3) is 0 Å². The molecule has 0 radical (unpaired) electrons. The second kappa shape index (κ2) is 6.52. The molecule has 2 aromatic rings. The fraction of sp³-hybridized carbons (Fsp3) is 0.278.